The molecule has 3 aromatic heterocycles. The fourth-order valence-electron chi connectivity index (χ4n) is 5.21. The van der Waals surface area contributed by atoms with Gasteiger partial charge in [-0.3, -0.25) is 9.47 Å². The average molecular weight is 518 g/mol. The van der Waals surface area contributed by atoms with E-state index in [0.717, 1.165) is 22.9 Å². The van der Waals surface area contributed by atoms with Crippen molar-refractivity contribution < 1.29 is 18.3 Å². The first-order chi connectivity index (χ1) is 16.9. The SMILES string of the molecule is C.COc1ccc(Cn2c(=O)n3ncnc3c3c4c(sc32)CN(CC2CCOCC2)CC4(F)F)cc1. The number of fused-ring (bicyclic) bond motifs is 5. The molecule has 8 nitrogen and oxygen atoms in total. The van der Waals surface area contributed by atoms with Crippen molar-refractivity contribution >= 4 is 27.2 Å². The van der Waals surface area contributed by atoms with E-state index in [2.05, 4.69) is 10.1 Å². The first kappa shape index (κ1) is 24.8. The first-order valence-electron chi connectivity index (χ1n) is 11.6. The lowest BCUT2D eigenvalue weighted by atomic mass is 9.96. The first-order valence-corrected chi connectivity index (χ1v) is 12.5. The summed E-state index contributed by atoms with van der Waals surface area (Å²) in [5.41, 5.74) is 0.628. The number of methoxy groups -OCH3 is 1. The van der Waals surface area contributed by atoms with Crippen LogP contribution in [0.4, 0.5) is 8.78 Å². The van der Waals surface area contributed by atoms with Gasteiger partial charge < -0.3 is 9.47 Å². The maximum Gasteiger partial charge on any atom is 0.352 e. The minimum absolute atomic E-state index is 0. The number of aromatic nitrogens is 4. The molecule has 1 saturated heterocycles. The average Bonchev–Trinajstić information content (AvgIpc) is 3.48. The van der Waals surface area contributed by atoms with Gasteiger partial charge in [-0.25, -0.2) is 9.78 Å². The molecule has 0 atom stereocenters. The smallest absolute Gasteiger partial charge is 0.352 e. The van der Waals surface area contributed by atoms with E-state index in [4.69, 9.17) is 9.47 Å². The largest absolute Gasteiger partial charge is 0.497 e. The summed E-state index contributed by atoms with van der Waals surface area (Å²) in [6, 6.07) is 7.35. The van der Waals surface area contributed by atoms with E-state index in [1.807, 2.05) is 29.2 Å². The highest BCUT2D eigenvalue weighted by Crippen LogP contribution is 2.46. The third kappa shape index (κ3) is 4.18. The summed E-state index contributed by atoms with van der Waals surface area (Å²) < 4.78 is 44.7. The van der Waals surface area contributed by atoms with Crippen LogP contribution in [0.3, 0.4) is 0 Å². The summed E-state index contributed by atoms with van der Waals surface area (Å²) in [5, 5.41) is 4.38. The lowest BCUT2D eigenvalue weighted by molar-refractivity contribution is -0.0571. The molecule has 2 aliphatic rings. The van der Waals surface area contributed by atoms with E-state index in [-0.39, 0.29) is 31.7 Å². The maximum atomic E-state index is 15.7. The molecule has 0 bridgehead atoms. The number of ether oxygens (including phenoxy) is 2. The fourth-order valence-corrected chi connectivity index (χ4v) is 6.59. The molecule has 0 spiro atoms. The van der Waals surface area contributed by atoms with E-state index >= 15 is 8.78 Å². The predicted molar refractivity (Wildman–Crippen MR) is 134 cm³/mol. The molecule has 6 rings (SSSR count). The number of rotatable bonds is 5. The van der Waals surface area contributed by atoms with E-state index in [9.17, 15) is 4.79 Å². The summed E-state index contributed by atoms with van der Waals surface area (Å²) in [7, 11) is 1.59. The van der Waals surface area contributed by atoms with Gasteiger partial charge >= 0.3 is 5.69 Å². The van der Waals surface area contributed by atoms with Crippen LogP contribution in [0.25, 0.3) is 15.9 Å². The Kier molecular flexibility index (Phi) is 6.56. The summed E-state index contributed by atoms with van der Waals surface area (Å²) in [6.07, 6.45) is 3.03. The molecule has 0 N–H and O–H groups in total. The Morgan fingerprint density at radius 2 is 1.97 bits per heavy atom. The summed E-state index contributed by atoms with van der Waals surface area (Å²) in [6.45, 7) is 2.30. The maximum absolute atomic E-state index is 15.7. The molecular formula is C25H29F2N5O3S. The van der Waals surface area contributed by atoms with Crippen LogP contribution in [-0.4, -0.2) is 57.5 Å². The van der Waals surface area contributed by atoms with E-state index in [1.165, 1.54) is 22.2 Å². The zero-order chi connectivity index (χ0) is 24.2. The van der Waals surface area contributed by atoms with Crippen LogP contribution in [0, 0.1) is 5.92 Å². The van der Waals surface area contributed by atoms with Gasteiger partial charge in [-0.2, -0.15) is 18.4 Å². The van der Waals surface area contributed by atoms with Gasteiger partial charge in [0.25, 0.3) is 5.92 Å². The number of nitrogens with zero attached hydrogens (tertiary/aromatic N) is 5. The molecule has 1 aromatic carbocycles. The monoisotopic (exact) mass is 517 g/mol. The molecule has 0 saturated carbocycles. The van der Waals surface area contributed by atoms with Crippen LogP contribution in [0.5, 0.6) is 5.75 Å². The highest BCUT2D eigenvalue weighted by molar-refractivity contribution is 7.19. The minimum atomic E-state index is -3.06. The van der Waals surface area contributed by atoms with Gasteiger partial charge in [-0.15, -0.1) is 11.3 Å². The Morgan fingerprint density at radius 1 is 1.22 bits per heavy atom. The number of halogens is 2. The summed E-state index contributed by atoms with van der Waals surface area (Å²) in [5.74, 6) is -2.01. The number of alkyl halides is 2. The minimum Gasteiger partial charge on any atom is -0.497 e. The lowest BCUT2D eigenvalue weighted by Crippen LogP contribution is -2.42. The number of hydrogen-bond donors (Lipinski definition) is 0. The fraction of sp³-hybridized carbons (Fsp3) is 0.480. The van der Waals surface area contributed by atoms with Crippen molar-refractivity contribution in [3.8, 4) is 5.75 Å². The van der Waals surface area contributed by atoms with Crippen molar-refractivity contribution in [3.63, 3.8) is 0 Å². The third-order valence-electron chi connectivity index (χ3n) is 6.90. The second kappa shape index (κ2) is 9.53. The lowest BCUT2D eigenvalue weighted by Gasteiger charge is -2.35. The van der Waals surface area contributed by atoms with E-state index in [0.29, 0.717) is 53.1 Å². The molecule has 192 valence electrons. The van der Waals surface area contributed by atoms with Crippen LogP contribution >= 0.6 is 11.3 Å². The Bertz CT molecular complexity index is 1440. The van der Waals surface area contributed by atoms with Crippen LogP contribution in [0.15, 0.2) is 35.4 Å². The second-order valence-corrected chi connectivity index (χ2v) is 10.3. The van der Waals surface area contributed by atoms with Gasteiger partial charge in [0.05, 0.1) is 31.1 Å². The van der Waals surface area contributed by atoms with Gasteiger partial charge in [0, 0.05) is 31.2 Å². The van der Waals surface area contributed by atoms with Gasteiger partial charge in [0.15, 0.2) is 5.65 Å². The Balaban J connectivity index is 0.00000267. The Hall–Kier alpha value is -2.89. The van der Waals surface area contributed by atoms with Crippen molar-refractivity contribution in [2.45, 2.75) is 39.3 Å². The van der Waals surface area contributed by atoms with E-state index in [1.54, 1.807) is 7.11 Å². The van der Waals surface area contributed by atoms with Crippen molar-refractivity contribution in [2.24, 2.45) is 5.92 Å². The predicted octanol–water partition coefficient (Wildman–Crippen LogP) is 4.13. The van der Waals surface area contributed by atoms with Crippen molar-refractivity contribution in [3.05, 3.63) is 57.1 Å². The highest BCUT2D eigenvalue weighted by Gasteiger charge is 2.45. The Labute approximate surface area is 211 Å². The summed E-state index contributed by atoms with van der Waals surface area (Å²) in [4.78, 5) is 20.5. The Morgan fingerprint density at radius 3 is 2.69 bits per heavy atom. The molecule has 1 fully saturated rings. The second-order valence-electron chi connectivity index (χ2n) is 9.22. The highest BCUT2D eigenvalue weighted by atomic mass is 32.1. The molecule has 4 aromatic rings. The molecule has 0 radical (unpaired) electrons. The topological polar surface area (TPSA) is 73.9 Å². The number of benzene rings is 1. The third-order valence-corrected chi connectivity index (χ3v) is 8.10. The van der Waals surface area contributed by atoms with Crippen molar-refractivity contribution in [1.29, 1.82) is 0 Å². The molecule has 0 unspecified atom stereocenters. The molecule has 2 aliphatic heterocycles. The van der Waals surface area contributed by atoms with Crippen molar-refractivity contribution in [1.82, 2.24) is 24.1 Å². The summed E-state index contributed by atoms with van der Waals surface area (Å²) >= 11 is 1.26. The normalized spacial score (nSPS) is 18.3. The quantitative estimate of drug-likeness (QED) is 0.396. The standard InChI is InChI=1S/C24H25F2N5O3S.CH4/c1-33-17-4-2-15(3-5-17)11-30-22-19(21-27-14-28-31(21)23(30)32)20-18(35-22)12-29(13-24(20,25)26)10-16-6-8-34-9-7-16;/h2-5,14,16H,6-13H2,1H3;1H4. The molecule has 0 aliphatic carbocycles. The van der Waals surface area contributed by atoms with Gasteiger partial charge in [0.2, 0.25) is 0 Å². The van der Waals surface area contributed by atoms with Crippen LogP contribution in [0.1, 0.15) is 36.3 Å². The molecule has 36 heavy (non-hydrogen) atoms. The number of hydrogen-bond acceptors (Lipinski definition) is 7. The van der Waals surface area contributed by atoms with Gasteiger partial charge in [0.1, 0.15) is 16.9 Å². The van der Waals surface area contributed by atoms with Crippen LogP contribution < -0.4 is 10.4 Å². The molecule has 5 heterocycles. The van der Waals surface area contributed by atoms with E-state index < -0.39 is 11.6 Å². The molecular weight excluding hydrogens is 488 g/mol. The van der Waals surface area contributed by atoms with Gasteiger partial charge in [-0.1, -0.05) is 19.6 Å². The number of thiophene rings is 1. The zero-order valence-electron chi connectivity index (χ0n) is 19.2. The van der Waals surface area contributed by atoms with Crippen LogP contribution in [0.2, 0.25) is 0 Å². The van der Waals surface area contributed by atoms with Crippen molar-refractivity contribution in [2.75, 3.05) is 33.4 Å². The zero-order valence-corrected chi connectivity index (χ0v) is 20.1. The van der Waals surface area contributed by atoms with Gasteiger partial charge in [-0.05, 0) is 36.5 Å². The molecule has 0 amide bonds. The molecule has 11 heteroatoms. The van der Waals surface area contributed by atoms with Crippen LogP contribution in [-0.2, 0) is 23.7 Å².